The topological polar surface area (TPSA) is 116 Å². The van der Waals surface area contributed by atoms with Crippen molar-refractivity contribution in [3.8, 4) is 5.75 Å². The Morgan fingerprint density at radius 2 is 2.00 bits per heavy atom. The molecular formula is C17H21ClN2O5S. The summed E-state index contributed by atoms with van der Waals surface area (Å²) in [7, 11) is -3.91. The van der Waals surface area contributed by atoms with Gasteiger partial charge in [-0.2, -0.15) is 0 Å². The summed E-state index contributed by atoms with van der Waals surface area (Å²) < 4.78 is 25.3. The number of carbonyl (C=O) groups excluding carboxylic acids is 1. The molecule has 0 radical (unpaired) electrons. The van der Waals surface area contributed by atoms with E-state index in [1.165, 1.54) is 12.1 Å². The molecule has 2 aliphatic rings. The van der Waals surface area contributed by atoms with Crippen LogP contribution in [0.25, 0.3) is 0 Å². The molecule has 26 heavy (non-hydrogen) atoms. The second kappa shape index (κ2) is 7.09. The summed E-state index contributed by atoms with van der Waals surface area (Å²) in [6, 6.07) is 2.05. The van der Waals surface area contributed by atoms with Gasteiger partial charge in [-0.05, 0) is 44.7 Å². The van der Waals surface area contributed by atoms with Crippen molar-refractivity contribution in [2.75, 3.05) is 5.32 Å². The smallest absolute Gasteiger partial charge is 0.319 e. The number of phenols is 1. The lowest BCUT2D eigenvalue weighted by molar-refractivity contribution is 0.0976. The molecule has 1 aromatic rings. The van der Waals surface area contributed by atoms with Crippen LogP contribution >= 0.6 is 11.6 Å². The molecule has 2 aliphatic carbocycles. The Kier molecular flexibility index (Phi) is 5.18. The van der Waals surface area contributed by atoms with Crippen molar-refractivity contribution in [2.45, 2.75) is 54.9 Å². The number of halogens is 1. The number of aliphatic hydroxyl groups is 1. The molecule has 0 unspecified atom stereocenters. The molecule has 0 heterocycles. The van der Waals surface area contributed by atoms with E-state index in [1.807, 2.05) is 13.0 Å². The number of allylic oxidation sites excluding steroid dienone is 1. The van der Waals surface area contributed by atoms with Crippen LogP contribution in [0.1, 0.15) is 32.6 Å². The normalized spacial score (nSPS) is 25.3. The minimum absolute atomic E-state index is 0.0371. The van der Waals surface area contributed by atoms with Gasteiger partial charge in [0, 0.05) is 0 Å². The zero-order valence-corrected chi connectivity index (χ0v) is 15.8. The Hall–Kier alpha value is -1.77. The second-order valence-corrected chi connectivity index (χ2v) is 9.31. The third kappa shape index (κ3) is 3.54. The Morgan fingerprint density at radius 3 is 2.58 bits per heavy atom. The van der Waals surface area contributed by atoms with E-state index in [2.05, 4.69) is 10.6 Å². The minimum Gasteiger partial charge on any atom is -0.504 e. The zero-order chi connectivity index (χ0) is 19.1. The number of hydrogen-bond donors (Lipinski definition) is 4. The maximum atomic E-state index is 12.7. The molecular weight excluding hydrogens is 380 g/mol. The van der Waals surface area contributed by atoms with E-state index in [0.29, 0.717) is 0 Å². The molecule has 0 bridgehead atoms. The lowest BCUT2D eigenvalue weighted by Gasteiger charge is -2.31. The molecule has 7 nitrogen and oxygen atoms in total. The van der Waals surface area contributed by atoms with Gasteiger partial charge in [-0.3, -0.25) is 0 Å². The molecule has 142 valence electrons. The third-order valence-electron chi connectivity index (χ3n) is 4.90. The number of anilines is 1. The molecule has 4 N–H and O–H groups in total. The largest absolute Gasteiger partial charge is 0.504 e. The van der Waals surface area contributed by atoms with Gasteiger partial charge < -0.3 is 20.8 Å². The number of aromatic hydroxyl groups is 1. The fraction of sp³-hybridized carbons (Fsp3) is 0.471. The van der Waals surface area contributed by atoms with Crippen LogP contribution in [0.15, 0.2) is 28.7 Å². The number of sulfone groups is 1. The monoisotopic (exact) mass is 400 g/mol. The van der Waals surface area contributed by atoms with Crippen LogP contribution < -0.4 is 10.6 Å². The van der Waals surface area contributed by atoms with Crippen molar-refractivity contribution in [2.24, 2.45) is 0 Å². The molecule has 2 amide bonds. The molecule has 1 atom stereocenters. The number of rotatable bonds is 4. The first-order chi connectivity index (χ1) is 12.2. The number of aliphatic hydroxyl groups excluding tert-OH is 1. The zero-order valence-electron chi connectivity index (χ0n) is 14.2. The van der Waals surface area contributed by atoms with Crippen molar-refractivity contribution < 1.29 is 23.4 Å². The maximum Gasteiger partial charge on any atom is 0.319 e. The van der Waals surface area contributed by atoms with Crippen LogP contribution in [0, 0.1) is 0 Å². The van der Waals surface area contributed by atoms with Crippen LogP contribution in [-0.2, 0) is 9.84 Å². The third-order valence-corrected chi connectivity index (χ3v) is 7.57. The van der Waals surface area contributed by atoms with Gasteiger partial charge in [0.2, 0.25) is 0 Å². The molecule has 0 aromatic heterocycles. The molecule has 3 rings (SSSR count). The van der Waals surface area contributed by atoms with Crippen molar-refractivity contribution in [3.63, 3.8) is 0 Å². The van der Waals surface area contributed by atoms with E-state index in [9.17, 15) is 23.4 Å². The number of benzene rings is 1. The molecule has 1 fully saturated rings. The first kappa shape index (κ1) is 19.0. The fourth-order valence-electron chi connectivity index (χ4n) is 3.23. The van der Waals surface area contributed by atoms with E-state index in [4.69, 9.17) is 11.6 Å². The second-order valence-electron chi connectivity index (χ2n) is 6.74. The quantitative estimate of drug-likeness (QED) is 0.458. The number of carbonyl (C=O) groups is 1. The van der Waals surface area contributed by atoms with Crippen LogP contribution in [0.3, 0.4) is 0 Å². The number of nitrogens with one attached hydrogen (secondary N) is 2. The summed E-state index contributed by atoms with van der Waals surface area (Å²) >= 11 is 6.00. The highest BCUT2D eigenvalue weighted by molar-refractivity contribution is 7.92. The van der Waals surface area contributed by atoms with Crippen LogP contribution in [-0.4, -0.2) is 42.1 Å². The first-order valence-corrected chi connectivity index (χ1v) is 10.3. The van der Waals surface area contributed by atoms with E-state index >= 15 is 0 Å². The van der Waals surface area contributed by atoms with Gasteiger partial charge in [-0.25, -0.2) is 13.2 Å². The minimum atomic E-state index is -3.91. The number of urea groups is 1. The predicted octanol–water partition coefficient (Wildman–Crippen LogP) is 2.57. The highest BCUT2D eigenvalue weighted by Crippen LogP contribution is 2.42. The van der Waals surface area contributed by atoms with Gasteiger partial charge in [0.25, 0.3) is 0 Å². The van der Waals surface area contributed by atoms with Gasteiger partial charge in [-0.1, -0.05) is 23.3 Å². The average Bonchev–Trinajstić information content (AvgIpc) is 2.92. The molecule has 1 saturated carbocycles. The average molecular weight is 401 g/mol. The number of amides is 2. The van der Waals surface area contributed by atoms with Gasteiger partial charge in [0.15, 0.2) is 15.6 Å². The van der Waals surface area contributed by atoms with Crippen molar-refractivity contribution in [1.29, 1.82) is 0 Å². The van der Waals surface area contributed by atoms with Crippen molar-refractivity contribution in [1.82, 2.24) is 5.32 Å². The summed E-state index contributed by atoms with van der Waals surface area (Å²) in [6.45, 7) is 1.93. The highest BCUT2D eigenvalue weighted by Gasteiger charge is 2.41. The highest BCUT2D eigenvalue weighted by atomic mass is 35.5. The Bertz CT molecular complexity index is 862. The summed E-state index contributed by atoms with van der Waals surface area (Å²) in [5, 5.41) is 24.1. The Labute approximate surface area is 157 Å². The SMILES string of the molecule is CC1=CCC[C@H]1NC(=O)Nc1ccc(Cl)c(S(=O)(=O)C2CC(O)C2)c1O. The van der Waals surface area contributed by atoms with E-state index < -0.39 is 37.9 Å². The summed E-state index contributed by atoms with van der Waals surface area (Å²) in [5.74, 6) is -0.590. The van der Waals surface area contributed by atoms with Gasteiger partial charge >= 0.3 is 6.03 Å². The lowest BCUT2D eigenvalue weighted by Crippen LogP contribution is -2.39. The Morgan fingerprint density at radius 1 is 1.31 bits per heavy atom. The molecule has 9 heteroatoms. The summed E-state index contributed by atoms with van der Waals surface area (Å²) in [5.41, 5.74) is 1.03. The molecule has 0 aliphatic heterocycles. The molecule has 0 spiro atoms. The first-order valence-electron chi connectivity index (χ1n) is 8.37. The van der Waals surface area contributed by atoms with Gasteiger partial charge in [-0.15, -0.1) is 0 Å². The number of hydrogen-bond acceptors (Lipinski definition) is 5. The van der Waals surface area contributed by atoms with E-state index in [1.54, 1.807) is 0 Å². The van der Waals surface area contributed by atoms with Gasteiger partial charge in [0.1, 0.15) is 4.90 Å². The fourth-order valence-corrected chi connectivity index (χ4v) is 5.70. The predicted molar refractivity (Wildman–Crippen MR) is 98.3 cm³/mol. The van der Waals surface area contributed by atoms with Crippen LogP contribution in [0.5, 0.6) is 5.75 Å². The van der Waals surface area contributed by atoms with Crippen molar-refractivity contribution in [3.05, 3.63) is 28.8 Å². The van der Waals surface area contributed by atoms with Gasteiger partial charge in [0.05, 0.1) is 28.1 Å². The summed E-state index contributed by atoms with van der Waals surface area (Å²) in [6.07, 6.45) is 3.27. The van der Waals surface area contributed by atoms with Crippen LogP contribution in [0.2, 0.25) is 5.02 Å². The van der Waals surface area contributed by atoms with Crippen LogP contribution in [0.4, 0.5) is 10.5 Å². The maximum absolute atomic E-state index is 12.7. The Balaban J connectivity index is 1.81. The standard InChI is InChI=1S/C17H21ClN2O5S/c1-9-3-2-4-13(9)19-17(23)20-14-6-5-12(18)16(15(14)22)26(24,25)11-7-10(21)8-11/h3,5-6,10-11,13,21-22H,2,4,7-8H2,1H3,(H2,19,20,23)/t10?,11?,13-/m1/s1. The van der Waals surface area contributed by atoms with E-state index in [0.717, 1.165) is 18.4 Å². The lowest BCUT2D eigenvalue weighted by atomic mass is 9.96. The van der Waals surface area contributed by atoms with E-state index in [-0.39, 0.29) is 29.6 Å². The summed E-state index contributed by atoms with van der Waals surface area (Å²) in [4.78, 5) is 11.8. The van der Waals surface area contributed by atoms with Crippen molar-refractivity contribution >= 4 is 33.2 Å². The molecule has 0 saturated heterocycles. The molecule has 1 aromatic carbocycles. The number of phenolic OH excluding ortho intramolecular Hbond substituents is 1.